The van der Waals surface area contributed by atoms with Gasteiger partial charge in [0, 0.05) is 24.7 Å². The summed E-state index contributed by atoms with van der Waals surface area (Å²) in [5.74, 6) is 1.17. The molecule has 1 aliphatic carbocycles. The van der Waals surface area contributed by atoms with Crippen LogP contribution in [0.15, 0.2) is 0 Å². The lowest BCUT2D eigenvalue weighted by Gasteiger charge is -2.35. The number of ether oxygens (including phenoxy) is 1. The number of nitrogens with zero attached hydrogens (tertiary/aromatic N) is 2. The van der Waals surface area contributed by atoms with Gasteiger partial charge in [-0.25, -0.2) is 4.79 Å². The molecule has 1 fully saturated rings. The number of aromatic nitrogens is 2. The summed E-state index contributed by atoms with van der Waals surface area (Å²) in [5.41, 5.74) is 3.98. The summed E-state index contributed by atoms with van der Waals surface area (Å²) >= 11 is 0. The van der Waals surface area contributed by atoms with Crippen molar-refractivity contribution in [2.75, 3.05) is 13.1 Å². The minimum absolute atomic E-state index is 0.187. The summed E-state index contributed by atoms with van der Waals surface area (Å²) in [4.78, 5) is 14.1. The average molecular weight is 362 g/mol. The molecule has 0 spiro atoms. The third-order valence-corrected chi connectivity index (χ3v) is 5.94. The number of carbonyl (C=O) groups is 1. The van der Waals surface area contributed by atoms with Gasteiger partial charge in [-0.1, -0.05) is 20.8 Å². The Morgan fingerprint density at radius 1 is 1.12 bits per heavy atom. The minimum atomic E-state index is -0.433. The number of aryl methyl sites for hydroxylation is 1. The molecule has 5 heteroatoms. The number of hydrogen-bond donors (Lipinski definition) is 1. The molecule has 0 aromatic carbocycles. The van der Waals surface area contributed by atoms with Crippen molar-refractivity contribution in [3.8, 4) is 0 Å². The number of hydrogen-bond acceptors (Lipinski definition) is 3. The van der Waals surface area contributed by atoms with E-state index in [9.17, 15) is 4.79 Å². The van der Waals surface area contributed by atoms with Gasteiger partial charge in [0.05, 0.1) is 5.69 Å². The molecule has 1 atom stereocenters. The lowest BCUT2D eigenvalue weighted by molar-refractivity contribution is 0.0203. The number of fused-ring (bicyclic) bond motifs is 1. The summed E-state index contributed by atoms with van der Waals surface area (Å²) in [6, 6.07) is 0. The number of aromatic amines is 1. The van der Waals surface area contributed by atoms with E-state index in [2.05, 4.69) is 25.9 Å². The van der Waals surface area contributed by atoms with E-state index in [1.807, 2.05) is 25.7 Å². The van der Waals surface area contributed by atoms with Gasteiger partial charge in [0.1, 0.15) is 5.60 Å². The van der Waals surface area contributed by atoms with Crippen molar-refractivity contribution < 1.29 is 9.53 Å². The van der Waals surface area contributed by atoms with Crippen LogP contribution in [0.2, 0.25) is 0 Å². The van der Waals surface area contributed by atoms with Crippen LogP contribution in [0.25, 0.3) is 0 Å². The third-order valence-electron chi connectivity index (χ3n) is 5.94. The Morgan fingerprint density at radius 2 is 1.77 bits per heavy atom. The highest BCUT2D eigenvalue weighted by atomic mass is 16.6. The third kappa shape index (κ3) is 4.24. The summed E-state index contributed by atoms with van der Waals surface area (Å²) in [6.07, 6.45) is 5.24. The topological polar surface area (TPSA) is 58.2 Å². The maximum Gasteiger partial charge on any atom is 0.410 e. The zero-order valence-electron chi connectivity index (χ0n) is 17.3. The molecule has 0 radical (unpaired) electrons. The van der Waals surface area contributed by atoms with Crippen molar-refractivity contribution in [1.29, 1.82) is 0 Å². The van der Waals surface area contributed by atoms with Gasteiger partial charge in [-0.2, -0.15) is 5.10 Å². The van der Waals surface area contributed by atoms with Gasteiger partial charge < -0.3 is 9.64 Å². The van der Waals surface area contributed by atoms with Gasteiger partial charge >= 0.3 is 6.09 Å². The maximum absolute atomic E-state index is 12.3. The second-order valence-corrected chi connectivity index (χ2v) is 10.1. The van der Waals surface area contributed by atoms with Crippen molar-refractivity contribution in [3.63, 3.8) is 0 Å². The van der Waals surface area contributed by atoms with E-state index < -0.39 is 5.60 Å². The Hall–Kier alpha value is -1.52. The highest BCUT2D eigenvalue weighted by Crippen LogP contribution is 2.40. The molecule has 5 nitrogen and oxygen atoms in total. The van der Waals surface area contributed by atoms with Gasteiger partial charge in [0.2, 0.25) is 0 Å². The van der Waals surface area contributed by atoms with Crippen LogP contribution in [0.1, 0.15) is 83.7 Å². The van der Waals surface area contributed by atoms with Crippen molar-refractivity contribution >= 4 is 6.09 Å². The number of carbonyl (C=O) groups excluding carboxylic acids is 1. The molecular weight excluding hydrogens is 326 g/mol. The van der Waals surface area contributed by atoms with E-state index in [1.165, 1.54) is 23.4 Å². The molecule has 2 aliphatic rings. The molecule has 1 saturated heterocycles. The van der Waals surface area contributed by atoms with E-state index in [1.54, 1.807) is 0 Å². The van der Waals surface area contributed by atoms with Crippen LogP contribution in [0.4, 0.5) is 4.79 Å². The molecule has 1 aromatic heterocycles. The molecule has 0 bridgehead atoms. The first-order valence-electron chi connectivity index (χ1n) is 10.1. The Morgan fingerprint density at radius 3 is 2.35 bits per heavy atom. The quantitative estimate of drug-likeness (QED) is 0.790. The van der Waals surface area contributed by atoms with Gasteiger partial charge in [-0.15, -0.1) is 0 Å². The summed E-state index contributed by atoms with van der Waals surface area (Å²) in [6.45, 7) is 14.3. The summed E-state index contributed by atoms with van der Waals surface area (Å²) < 4.78 is 5.51. The van der Waals surface area contributed by atoms with Crippen LogP contribution in [-0.4, -0.2) is 39.9 Å². The van der Waals surface area contributed by atoms with Crippen molar-refractivity contribution in [2.24, 2.45) is 11.3 Å². The Kier molecular flexibility index (Phi) is 5.11. The zero-order chi connectivity index (χ0) is 19.1. The Bertz CT molecular complexity index is 643. The fourth-order valence-electron chi connectivity index (χ4n) is 4.26. The van der Waals surface area contributed by atoms with Crippen LogP contribution in [0, 0.1) is 11.3 Å². The molecule has 1 unspecified atom stereocenters. The standard InChI is InChI=1S/C21H35N3O2/c1-20(2,3)15-7-8-17-16(13-15)18(23-22-17)14-9-11-24(12-10-14)19(25)26-21(4,5)6/h14-15H,7-13H2,1-6H3,(H,22,23). The van der Waals surface area contributed by atoms with E-state index in [-0.39, 0.29) is 6.09 Å². The molecule has 0 saturated carbocycles. The fraction of sp³-hybridized carbons (Fsp3) is 0.810. The minimum Gasteiger partial charge on any atom is -0.444 e. The van der Waals surface area contributed by atoms with Crippen LogP contribution in [-0.2, 0) is 17.6 Å². The van der Waals surface area contributed by atoms with Crippen molar-refractivity contribution in [3.05, 3.63) is 17.0 Å². The fourth-order valence-corrected chi connectivity index (χ4v) is 4.26. The average Bonchev–Trinajstić information content (AvgIpc) is 2.95. The number of likely N-dealkylation sites (tertiary alicyclic amines) is 1. The lowest BCUT2D eigenvalue weighted by Crippen LogP contribution is -2.41. The molecule has 146 valence electrons. The van der Waals surface area contributed by atoms with Crippen LogP contribution in [0.3, 0.4) is 0 Å². The zero-order valence-corrected chi connectivity index (χ0v) is 17.3. The number of amides is 1. The van der Waals surface area contributed by atoms with E-state index in [4.69, 9.17) is 9.84 Å². The second kappa shape index (κ2) is 6.90. The highest BCUT2D eigenvalue weighted by molar-refractivity contribution is 5.68. The van der Waals surface area contributed by atoms with Crippen molar-refractivity contribution in [1.82, 2.24) is 15.1 Å². The van der Waals surface area contributed by atoms with Gasteiger partial charge in [-0.3, -0.25) is 5.10 Å². The van der Waals surface area contributed by atoms with Gasteiger partial charge in [-0.05, 0) is 69.8 Å². The first kappa shape index (κ1) is 19.2. The smallest absolute Gasteiger partial charge is 0.410 e. The molecule has 2 heterocycles. The monoisotopic (exact) mass is 361 g/mol. The molecule has 1 amide bonds. The maximum atomic E-state index is 12.3. The molecule has 1 aliphatic heterocycles. The molecule has 1 aromatic rings. The number of nitrogens with one attached hydrogen (secondary N) is 1. The van der Waals surface area contributed by atoms with Crippen LogP contribution < -0.4 is 0 Å². The summed E-state index contributed by atoms with van der Waals surface area (Å²) in [7, 11) is 0. The first-order valence-corrected chi connectivity index (χ1v) is 10.1. The largest absolute Gasteiger partial charge is 0.444 e. The van der Waals surface area contributed by atoms with Crippen molar-refractivity contribution in [2.45, 2.75) is 85.2 Å². The molecule has 1 N–H and O–H groups in total. The second-order valence-electron chi connectivity index (χ2n) is 10.1. The number of H-pyrrole nitrogens is 1. The van der Waals surface area contributed by atoms with Gasteiger partial charge in [0.25, 0.3) is 0 Å². The Balaban J connectivity index is 1.65. The predicted molar refractivity (Wildman–Crippen MR) is 103 cm³/mol. The van der Waals surface area contributed by atoms with E-state index in [0.29, 0.717) is 17.3 Å². The van der Waals surface area contributed by atoms with E-state index >= 15 is 0 Å². The highest BCUT2D eigenvalue weighted by Gasteiger charge is 2.34. The number of rotatable bonds is 1. The molecule has 26 heavy (non-hydrogen) atoms. The van der Waals surface area contributed by atoms with Crippen LogP contribution >= 0.6 is 0 Å². The van der Waals surface area contributed by atoms with Gasteiger partial charge in [0.15, 0.2) is 0 Å². The normalized spacial score (nSPS) is 22.2. The first-order chi connectivity index (χ1) is 12.0. The predicted octanol–water partition coefficient (Wildman–Crippen LogP) is 4.68. The Labute approximate surface area is 157 Å². The molecular formula is C21H35N3O2. The number of piperidine rings is 1. The lowest BCUT2D eigenvalue weighted by atomic mass is 9.71. The van der Waals surface area contributed by atoms with Crippen LogP contribution in [0.5, 0.6) is 0 Å². The molecule has 3 rings (SSSR count). The summed E-state index contributed by atoms with van der Waals surface area (Å²) in [5, 5.41) is 8.01. The SMILES string of the molecule is CC(C)(C)OC(=O)N1CCC(c2n[nH]c3c2CC(C(C)(C)C)CC3)CC1. The van der Waals surface area contributed by atoms with E-state index in [0.717, 1.165) is 38.8 Å².